The van der Waals surface area contributed by atoms with Gasteiger partial charge < -0.3 is 19.7 Å². The summed E-state index contributed by atoms with van der Waals surface area (Å²) < 4.78 is 10.6. The van der Waals surface area contributed by atoms with Crippen molar-refractivity contribution in [1.82, 2.24) is 10.2 Å². The lowest BCUT2D eigenvalue weighted by molar-refractivity contribution is -0.121. The van der Waals surface area contributed by atoms with Crippen molar-refractivity contribution in [2.75, 3.05) is 27.3 Å². The van der Waals surface area contributed by atoms with E-state index < -0.39 is 0 Å². The van der Waals surface area contributed by atoms with Crippen molar-refractivity contribution in [3.8, 4) is 23.8 Å². The van der Waals surface area contributed by atoms with Gasteiger partial charge >= 0.3 is 0 Å². The highest BCUT2D eigenvalue weighted by Gasteiger charge is 2.25. The van der Waals surface area contributed by atoms with Crippen LogP contribution in [0.2, 0.25) is 0 Å². The van der Waals surface area contributed by atoms with E-state index in [2.05, 4.69) is 11.2 Å². The van der Waals surface area contributed by atoms with Crippen LogP contribution in [0, 0.1) is 18.3 Å². The SMILES string of the molecule is C#Cc1cccc(C(=O)N2CCCC(CCC(=O)NCc3ccc(OC)cc3OC)C2)c1. The second-order valence-electron chi connectivity index (χ2n) is 7.98. The molecule has 32 heavy (non-hydrogen) atoms. The van der Waals surface area contributed by atoms with E-state index in [1.165, 1.54) is 0 Å². The molecular weight excluding hydrogens is 404 g/mol. The molecule has 0 spiro atoms. The van der Waals surface area contributed by atoms with Gasteiger partial charge in [-0.25, -0.2) is 0 Å². The Kier molecular flexibility index (Phi) is 8.15. The van der Waals surface area contributed by atoms with E-state index in [0.717, 1.165) is 31.4 Å². The van der Waals surface area contributed by atoms with Gasteiger partial charge in [0.2, 0.25) is 5.91 Å². The quantitative estimate of drug-likeness (QED) is 0.645. The number of piperidine rings is 1. The number of carbonyl (C=O) groups is 2. The van der Waals surface area contributed by atoms with Crippen LogP contribution < -0.4 is 14.8 Å². The monoisotopic (exact) mass is 434 g/mol. The third-order valence-corrected chi connectivity index (χ3v) is 5.83. The molecule has 6 heteroatoms. The summed E-state index contributed by atoms with van der Waals surface area (Å²) in [7, 11) is 3.20. The molecule has 1 N–H and O–H groups in total. The average molecular weight is 435 g/mol. The predicted molar refractivity (Wildman–Crippen MR) is 124 cm³/mol. The van der Waals surface area contributed by atoms with Crippen LogP contribution in [-0.4, -0.2) is 44.0 Å². The summed E-state index contributed by atoms with van der Waals surface area (Å²) in [6.45, 7) is 1.80. The number of hydrogen-bond donors (Lipinski definition) is 1. The maximum absolute atomic E-state index is 12.9. The maximum atomic E-state index is 12.9. The Morgan fingerprint density at radius 2 is 2.03 bits per heavy atom. The maximum Gasteiger partial charge on any atom is 0.253 e. The summed E-state index contributed by atoms with van der Waals surface area (Å²) in [5.41, 5.74) is 2.21. The lowest BCUT2D eigenvalue weighted by atomic mass is 9.92. The Labute approximate surface area is 189 Å². The van der Waals surface area contributed by atoms with Crippen molar-refractivity contribution < 1.29 is 19.1 Å². The number of carbonyl (C=O) groups excluding carboxylic acids is 2. The molecule has 1 saturated heterocycles. The molecule has 6 nitrogen and oxygen atoms in total. The highest BCUT2D eigenvalue weighted by Crippen LogP contribution is 2.25. The Bertz CT molecular complexity index is 996. The van der Waals surface area contributed by atoms with E-state index in [0.29, 0.717) is 48.1 Å². The fraction of sp³-hybridized carbons (Fsp3) is 0.385. The van der Waals surface area contributed by atoms with Crippen LogP contribution in [0.5, 0.6) is 11.5 Å². The number of rotatable bonds is 8. The molecule has 1 aliphatic rings. The second kappa shape index (κ2) is 11.2. The summed E-state index contributed by atoms with van der Waals surface area (Å²) in [5.74, 6) is 4.27. The summed E-state index contributed by atoms with van der Waals surface area (Å²) in [4.78, 5) is 27.2. The van der Waals surface area contributed by atoms with E-state index in [4.69, 9.17) is 15.9 Å². The minimum Gasteiger partial charge on any atom is -0.497 e. The number of nitrogens with zero attached hydrogens (tertiary/aromatic N) is 1. The molecule has 1 atom stereocenters. The summed E-state index contributed by atoms with van der Waals surface area (Å²) in [6.07, 6.45) is 8.59. The van der Waals surface area contributed by atoms with Gasteiger partial charge in [-0.05, 0) is 55.5 Å². The van der Waals surface area contributed by atoms with Crippen molar-refractivity contribution >= 4 is 11.8 Å². The molecule has 3 rings (SSSR count). The van der Waals surface area contributed by atoms with Crippen molar-refractivity contribution in [1.29, 1.82) is 0 Å². The molecule has 1 unspecified atom stereocenters. The zero-order valence-electron chi connectivity index (χ0n) is 18.7. The first-order valence-electron chi connectivity index (χ1n) is 10.9. The minimum atomic E-state index is -0.00644. The number of ether oxygens (including phenoxy) is 2. The molecule has 1 fully saturated rings. The van der Waals surface area contributed by atoms with Gasteiger partial charge in [0.1, 0.15) is 11.5 Å². The Balaban J connectivity index is 1.48. The highest BCUT2D eigenvalue weighted by molar-refractivity contribution is 5.94. The van der Waals surface area contributed by atoms with Gasteiger partial charge in [-0.3, -0.25) is 9.59 Å². The molecule has 2 aromatic carbocycles. The van der Waals surface area contributed by atoms with Gasteiger partial charge in [-0.2, -0.15) is 0 Å². The molecule has 168 valence electrons. The molecule has 0 radical (unpaired) electrons. The molecule has 0 saturated carbocycles. The van der Waals surface area contributed by atoms with Gasteiger partial charge in [0.25, 0.3) is 5.91 Å². The van der Waals surface area contributed by atoms with E-state index in [9.17, 15) is 9.59 Å². The van der Waals surface area contributed by atoms with Gasteiger partial charge in [0.15, 0.2) is 0 Å². The van der Waals surface area contributed by atoms with E-state index >= 15 is 0 Å². The van der Waals surface area contributed by atoms with Gasteiger partial charge in [0, 0.05) is 48.8 Å². The average Bonchev–Trinajstić information content (AvgIpc) is 2.85. The Morgan fingerprint density at radius 1 is 1.19 bits per heavy atom. The first-order valence-corrected chi connectivity index (χ1v) is 10.9. The molecule has 1 aliphatic heterocycles. The van der Waals surface area contributed by atoms with Crippen molar-refractivity contribution in [2.45, 2.75) is 32.2 Å². The lowest BCUT2D eigenvalue weighted by Crippen LogP contribution is -2.40. The molecule has 2 aromatic rings. The third kappa shape index (κ3) is 6.04. The molecular formula is C26H30N2O4. The number of likely N-dealkylation sites (tertiary alicyclic amines) is 1. The number of methoxy groups -OCH3 is 2. The van der Waals surface area contributed by atoms with Crippen LogP contribution in [-0.2, 0) is 11.3 Å². The van der Waals surface area contributed by atoms with Crippen LogP contribution >= 0.6 is 0 Å². The van der Waals surface area contributed by atoms with Crippen molar-refractivity contribution in [2.24, 2.45) is 5.92 Å². The fourth-order valence-corrected chi connectivity index (χ4v) is 4.03. The normalized spacial score (nSPS) is 15.5. The summed E-state index contributed by atoms with van der Waals surface area (Å²) in [5, 5.41) is 2.96. The standard InChI is InChI=1S/C26H30N2O4/c1-4-19-7-5-9-21(15-19)26(30)28-14-6-8-20(18-28)10-13-25(29)27-17-22-11-12-23(31-2)16-24(22)32-3/h1,5,7,9,11-12,15-16,20H,6,8,10,13-14,17-18H2,2-3H3,(H,27,29). The van der Waals surface area contributed by atoms with Crippen LogP contribution in [0.25, 0.3) is 0 Å². The predicted octanol–water partition coefficient (Wildman–Crippen LogP) is 3.63. The smallest absolute Gasteiger partial charge is 0.253 e. The minimum absolute atomic E-state index is 0.00264. The summed E-state index contributed by atoms with van der Waals surface area (Å²) >= 11 is 0. The number of terminal acetylenes is 1. The molecule has 0 bridgehead atoms. The van der Waals surface area contributed by atoms with Crippen LogP contribution in [0.3, 0.4) is 0 Å². The zero-order valence-corrected chi connectivity index (χ0v) is 18.7. The largest absolute Gasteiger partial charge is 0.497 e. The van der Waals surface area contributed by atoms with Gasteiger partial charge in [-0.15, -0.1) is 6.42 Å². The third-order valence-electron chi connectivity index (χ3n) is 5.83. The first kappa shape index (κ1) is 23.2. The van der Waals surface area contributed by atoms with Crippen LogP contribution in [0.15, 0.2) is 42.5 Å². The Morgan fingerprint density at radius 3 is 2.78 bits per heavy atom. The van der Waals surface area contributed by atoms with Crippen LogP contribution in [0.4, 0.5) is 0 Å². The van der Waals surface area contributed by atoms with E-state index in [-0.39, 0.29) is 11.8 Å². The Hall–Kier alpha value is -3.46. The number of hydrogen-bond acceptors (Lipinski definition) is 4. The highest BCUT2D eigenvalue weighted by atomic mass is 16.5. The van der Waals surface area contributed by atoms with Crippen molar-refractivity contribution in [3.63, 3.8) is 0 Å². The zero-order chi connectivity index (χ0) is 22.9. The van der Waals surface area contributed by atoms with Crippen molar-refractivity contribution in [3.05, 3.63) is 59.2 Å². The molecule has 0 aliphatic carbocycles. The summed E-state index contributed by atoms with van der Waals surface area (Å²) in [6, 6.07) is 12.7. The second-order valence-corrected chi connectivity index (χ2v) is 7.98. The number of benzene rings is 2. The van der Waals surface area contributed by atoms with Crippen LogP contribution in [0.1, 0.15) is 47.2 Å². The molecule has 2 amide bonds. The first-order chi connectivity index (χ1) is 15.5. The number of nitrogens with one attached hydrogen (secondary N) is 1. The molecule has 1 heterocycles. The number of amides is 2. The molecule has 0 aromatic heterocycles. The fourth-order valence-electron chi connectivity index (χ4n) is 4.03. The van der Waals surface area contributed by atoms with Gasteiger partial charge in [-0.1, -0.05) is 12.0 Å². The van der Waals surface area contributed by atoms with E-state index in [1.807, 2.05) is 29.2 Å². The van der Waals surface area contributed by atoms with E-state index in [1.54, 1.807) is 32.4 Å². The van der Waals surface area contributed by atoms with Gasteiger partial charge in [0.05, 0.1) is 14.2 Å². The topological polar surface area (TPSA) is 67.9 Å². The lowest BCUT2D eigenvalue weighted by Gasteiger charge is -2.33.